The molecule has 1 aromatic heterocycles. The monoisotopic (exact) mass is 497 g/mol. The zero-order valence-electron chi connectivity index (χ0n) is 19.3. The Bertz CT molecular complexity index is 1130. The molecule has 12 heteroatoms. The number of aliphatic hydroxyl groups is 1. The van der Waals surface area contributed by atoms with Gasteiger partial charge >= 0.3 is 6.03 Å². The molecule has 3 N–H and O–H groups in total. The summed E-state index contributed by atoms with van der Waals surface area (Å²) in [6.45, 7) is 2.57. The number of carbonyl (C=O) groups is 3. The molecule has 0 atom stereocenters. The van der Waals surface area contributed by atoms with Gasteiger partial charge in [-0.05, 0) is 36.4 Å². The molecule has 35 heavy (non-hydrogen) atoms. The van der Waals surface area contributed by atoms with Crippen LogP contribution in [0.2, 0.25) is 0 Å². The van der Waals surface area contributed by atoms with Crippen LogP contribution in [0.4, 0.5) is 27.0 Å². The van der Waals surface area contributed by atoms with Crippen molar-refractivity contribution in [3.63, 3.8) is 0 Å². The molecule has 2 fully saturated rings. The second kappa shape index (κ2) is 11.2. The molecule has 3 heterocycles. The Balaban J connectivity index is 1.53. The van der Waals surface area contributed by atoms with E-state index < -0.39 is 11.1 Å². The number of anilines is 3. The van der Waals surface area contributed by atoms with Crippen LogP contribution in [0.3, 0.4) is 0 Å². The van der Waals surface area contributed by atoms with E-state index >= 15 is 0 Å². The number of thioether (sulfide) groups is 1. The standard InChI is InChI=1S/C23H27N7O4S/c1-28(12-13-31)19-15-17(14-18-20(32)27-23(34)35-18)24-21(26-19)29-8-5-9-30(11-10-29)22(33)25-16-6-3-2-4-7-16/h2-4,6-7,14-15,31H,5,8-13H2,1H3,(H,25,33)(H,27,32,34)/b18-14-. The number of carbonyl (C=O) groups excluding carboxylic acids is 3. The van der Waals surface area contributed by atoms with Crippen LogP contribution in [0.5, 0.6) is 0 Å². The fourth-order valence-electron chi connectivity index (χ4n) is 3.72. The Morgan fingerprint density at radius 2 is 2.00 bits per heavy atom. The Morgan fingerprint density at radius 1 is 1.20 bits per heavy atom. The molecule has 0 spiro atoms. The molecule has 4 amide bonds. The number of nitrogens with one attached hydrogen (secondary N) is 2. The van der Waals surface area contributed by atoms with E-state index in [0.717, 1.165) is 23.9 Å². The molecule has 0 unspecified atom stereocenters. The van der Waals surface area contributed by atoms with Crippen LogP contribution in [0.1, 0.15) is 12.1 Å². The summed E-state index contributed by atoms with van der Waals surface area (Å²) < 4.78 is 0. The molecule has 11 nitrogen and oxygen atoms in total. The third-order valence-electron chi connectivity index (χ3n) is 5.56. The van der Waals surface area contributed by atoms with Crippen molar-refractivity contribution in [2.75, 3.05) is 61.5 Å². The predicted octanol–water partition coefficient (Wildman–Crippen LogP) is 1.97. The van der Waals surface area contributed by atoms with Gasteiger partial charge in [-0.2, -0.15) is 4.98 Å². The maximum absolute atomic E-state index is 12.7. The molecule has 2 saturated heterocycles. The minimum absolute atomic E-state index is 0.0474. The molecule has 1 aromatic carbocycles. The highest BCUT2D eigenvalue weighted by Gasteiger charge is 2.26. The summed E-state index contributed by atoms with van der Waals surface area (Å²) in [4.78, 5) is 51.4. The maximum atomic E-state index is 12.7. The zero-order chi connectivity index (χ0) is 24.8. The number of benzene rings is 1. The zero-order valence-corrected chi connectivity index (χ0v) is 20.1. The summed E-state index contributed by atoms with van der Waals surface area (Å²) in [5.41, 5.74) is 1.22. The summed E-state index contributed by atoms with van der Waals surface area (Å²) in [5.74, 6) is 0.577. The minimum Gasteiger partial charge on any atom is -0.395 e. The summed E-state index contributed by atoms with van der Waals surface area (Å²) >= 11 is 0.825. The summed E-state index contributed by atoms with van der Waals surface area (Å²) in [7, 11) is 1.80. The first kappa shape index (κ1) is 24.5. The van der Waals surface area contributed by atoms with Crippen molar-refractivity contribution < 1.29 is 19.5 Å². The number of hydrogen-bond donors (Lipinski definition) is 3. The van der Waals surface area contributed by atoms with E-state index in [2.05, 4.69) is 20.6 Å². The van der Waals surface area contributed by atoms with Gasteiger partial charge in [-0.15, -0.1) is 0 Å². The van der Waals surface area contributed by atoms with E-state index in [1.54, 1.807) is 29.0 Å². The third-order valence-corrected chi connectivity index (χ3v) is 6.37. The van der Waals surface area contributed by atoms with Crippen molar-refractivity contribution in [2.24, 2.45) is 0 Å². The van der Waals surface area contributed by atoms with Crippen LogP contribution in [-0.2, 0) is 4.79 Å². The molecular formula is C23H27N7O4S. The van der Waals surface area contributed by atoms with E-state index in [0.29, 0.717) is 50.2 Å². The minimum atomic E-state index is -0.458. The van der Waals surface area contributed by atoms with Crippen molar-refractivity contribution in [3.05, 3.63) is 47.0 Å². The van der Waals surface area contributed by atoms with Crippen LogP contribution in [0.25, 0.3) is 6.08 Å². The molecule has 0 bridgehead atoms. The van der Waals surface area contributed by atoms with Gasteiger partial charge in [0, 0.05) is 51.5 Å². The van der Waals surface area contributed by atoms with E-state index in [1.165, 1.54) is 0 Å². The normalized spacial score (nSPS) is 17.4. The predicted molar refractivity (Wildman–Crippen MR) is 135 cm³/mol. The number of aliphatic hydroxyl groups excluding tert-OH is 1. The lowest BCUT2D eigenvalue weighted by Gasteiger charge is -2.24. The number of hydrogen-bond acceptors (Lipinski definition) is 9. The van der Waals surface area contributed by atoms with Gasteiger partial charge < -0.3 is 25.1 Å². The van der Waals surface area contributed by atoms with E-state index in [4.69, 9.17) is 0 Å². The van der Waals surface area contributed by atoms with Gasteiger partial charge in [-0.1, -0.05) is 18.2 Å². The summed E-state index contributed by atoms with van der Waals surface area (Å²) in [6.07, 6.45) is 2.29. The average Bonchev–Trinajstić information content (AvgIpc) is 3.02. The number of imide groups is 1. The number of amides is 4. The molecular weight excluding hydrogens is 470 g/mol. The van der Waals surface area contributed by atoms with Crippen molar-refractivity contribution in [1.29, 1.82) is 0 Å². The van der Waals surface area contributed by atoms with Crippen LogP contribution in [0.15, 0.2) is 41.3 Å². The third kappa shape index (κ3) is 6.28. The quantitative estimate of drug-likeness (QED) is 0.513. The highest BCUT2D eigenvalue weighted by Crippen LogP contribution is 2.27. The molecule has 4 rings (SSSR count). The van der Waals surface area contributed by atoms with Crippen LogP contribution in [0, 0.1) is 0 Å². The van der Waals surface area contributed by atoms with E-state index in [9.17, 15) is 19.5 Å². The van der Waals surface area contributed by atoms with Gasteiger partial charge in [0.1, 0.15) is 5.82 Å². The highest BCUT2D eigenvalue weighted by atomic mass is 32.2. The Kier molecular flexibility index (Phi) is 7.83. The first-order valence-electron chi connectivity index (χ1n) is 11.2. The molecule has 0 radical (unpaired) electrons. The number of nitrogens with zero attached hydrogens (tertiary/aromatic N) is 5. The fraction of sp³-hybridized carbons (Fsp3) is 0.348. The van der Waals surface area contributed by atoms with Gasteiger partial charge in [0.2, 0.25) is 5.95 Å². The molecule has 0 saturated carbocycles. The number of para-hydroxylation sites is 1. The van der Waals surface area contributed by atoms with Crippen LogP contribution < -0.4 is 20.4 Å². The first-order chi connectivity index (χ1) is 16.9. The van der Waals surface area contributed by atoms with Crippen molar-refractivity contribution >= 4 is 52.5 Å². The lowest BCUT2D eigenvalue weighted by molar-refractivity contribution is -0.115. The SMILES string of the molecule is CN(CCO)c1cc(/C=C2\SC(=O)NC2=O)nc(N2CCCN(C(=O)Nc3ccccc3)CC2)n1. The molecule has 0 aliphatic carbocycles. The number of rotatable bonds is 6. The van der Waals surface area contributed by atoms with Gasteiger partial charge in [-0.3, -0.25) is 14.9 Å². The largest absolute Gasteiger partial charge is 0.395 e. The van der Waals surface area contributed by atoms with Crippen molar-refractivity contribution in [1.82, 2.24) is 20.2 Å². The Labute approximate surface area is 207 Å². The maximum Gasteiger partial charge on any atom is 0.321 e. The lowest BCUT2D eigenvalue weighted by Crippen LogP contribution is -2.38. The number of likely N-dealkylation sites (N-methyl/N-ethyl adjacent to an activating group) is 1. The molecule has 2 aliphatic heterocycles. The molecule has 2 aliphatic rings. The van der Waals surface area contributed by atoms with Crippen molar-refractivity contribution in [3.8, 4) is 0 Å². The highest BCUT2D eigenvalue weighted by molar-refractivity contribution is 8.18. The summed E-state index contributed by atoms with van der Waals surface area (Å²) in [6, 6.07) is 10.9. The average molecular weight is 498 g/mol. The lowest BCUT2D eigenvalue weighted by atomic mass is 10.3. The Hall–Kier alpha value is -3.64. The van der Waals surface area contributed by atoms with E-state index in [1.807, 2.05) is 35.2 Å². The second-order valence-corrected chi connectivity index (χ2v) is 9.09. The fourth-order valence-corrected chi connectivity index (χ4v) is 4.38. The van der Waals surface area contributed by atoms with Gasteiger partial charge in [-0.25, -0.2) is 9.78 Å². The number of aromatic nitrogens is 2. The number of urea groups is 1. The molecule has 2 aromatic rings. The second-order valence-electron chi connectivity index (χ2n) is 8.07. The first-order valence-corrected chi connectivity index (χ1v) is 12.1. The Morgan fingerprint density at radius 3 is 2.71 bits per heavy atom. The molecule has 184 valence electrons. The van der Waals surface area contributed by atoms with Gasteiger partial charge in [0.15, 0.2) is 0 Å². The van der Waals surface area contributed by atoms with E-state index in [-0.39, 0.29) is 17.5 Å². The van der Waals surface area contributed by atoms with Crippen LogP contribution >= 0.6 is 11.8 Å². The van der Waals surface area contributed by atoms with Crippen molar-refractivity contribution in [2.45, 2.75) is 6.42 Å². The van der Waals surface area contributed by atoms with Crippen LogP contribution in [-0.4, -0.2) is 83.5 Å². The summed E-state index contributed by atoms with van der Waals surface area (Å²) in [5, 5.41) is 14.1. The van der Waals surface area contributed by atoms with Gasteiger partial charge in [0.25, 0.3) is 11.1 Å². The van der Waals surface area contributed by atoms with Gasteiger partial charge in [0.05, 0.1) is 17.2 Å². The smallest absolute Gasteiger partial charge is 0.321 e. The topological polar surface area (TPSA) is 131 Å².